The van der Waals surface area contributed by atoms with Gasteiger partial charge in [-0.25, -0.2) is 4.98 Å². The molecule has 4 N–H and O–H groups in total. The Balaban J connectivity index is 1.85. The van der Waals surface area contributed by atoms with Crippen molar-refractivity contribution in [2.24, 2.45) is 0 Å². The first-order valence-corrected chi connectivity index (χ1v) is 5.06. The summed E-state index contributed by atoms with van der Waals surface area (Å²) in [6.07, 6.45) is 3.15. The highest BCUT2D eigenvalue weighted by atomic mass is 16.3. The number of fused-ring (bicyclic) bond motifs is 1. The minimum atomic E-state index is 0.370. The molecule has 0 saturated carbocycles. The maximum Gasteiger partial charge on any atom is 0.227 e. The number of rotatable bonds is 3. The average Bonchev–Trinajstić information content (AvgIpc) is 2.97. The van der Waals surface area contributed by atoms with Gasteiger partial charge in [0.1, 0.15) is 11.3 Å². The number of nitrogens with one attached hydrogen (secondary N) is 2. The third kappa shape index (κ3) is 1.78. The van der Waals surface area contributed by atoms with Crippen LogP contribution in [0.25, 0.3) is 11.2 Å². The van der Waals surface area contributed by atoms with Gasteiger partial charge in [0, 0.05) is 0 Å². The van der Waals surface area contributed by atoms with Crippen molar-refractivity contribution in [3.63, 3.8) is 0 Å². The number of nitrogen functional groups attached to an aromatic ring is 1. The predicted molar refractivity (Wildman–Crippen MR) is 62.1 cm³/mol. The first kappa shape index (κ1) is 9.64. The fraction of sp³-hybridized carbons (Fsp3) is 0.100. The van der Waals surface area contributed by atoms with E-state index in [2.05, 4.69) is 25.3 Å². The third-order valence-electron chi connectivity index (χ3n) is 2.31. The number of nitrogens with two attached hydrogens (primary N) is 1. The summed E-state index contributed by atoms with van der Waals surface area (Å²) in [5.74, 6) is 1.60. The van der Waals surface area contributed by atoms with E-state index in [0.29, 0.717) is 29.5 Å². The molecule has 17 heavy (non-hydrogen) atoms. The number of hydrogen-bond donors (Lipinski definition) is 3. The van der Waals surface area contributed by atoms with Gasteiger partial charge in [-0.15, -0.1) is 0 Å². The van der Waals surface area contributed by atoms with Crippen molar-refractivity contribution in [1.82, 2.24) is 19.9 Å². The summed E-state index contributed by atoms with van der Waals surface area (Å²) < 4.78 is 5.19. The van der Waals surface area contributed by atoms with Crippen LogP contribution in [0.5, 0.6) is 0 Å². The molecule has 0 bridgehead atoms. The number of imidazole rings is 1. The summed E-state index contributed by atoms with van der Waals surface area (Å²) in [4.78, 5) is 15.2. The Morgan fingerprint density at radius 3 is 3.18 bits per heavy atom. The zero-order valence-electron chi connectivity index (χ0n) is 8.84. The number of furan rings is 1. The van der Waals surface area contributed by atoms with Crippen LogP contribution in [0.4, 0.5) is 11.8 Å². The van der Waals surface area contributed by atoms with Gasteiger partial charge >= 0.3 is 0 Å². The lowest BCUT2D eigenvalue weighted by Gasteiger charge is -2.03. The fourth-order valence-corrected chi connectivity index (χ4v) is 1.51. The molecule has 0 fully saturated rings. The minimum Gasteiger partial charge on any atom is -0.467 e. The number of H-pyrrole nitrogens is 1. The zero-order chi connectivity index (χ0) is 11.7. The molecule has 3 rings (SSSR count). The Hall–Kier alpha value is -2.57. The summed E-state index contributed by atoms with van der Waals surface area (Å²) in [7, 11) is 0. The molecule has 7 heteroatoms. The van der Waals surface area contributed by atoms with Gasteiger partial charge in [0.05, 0.1) is 19.1 Å². The van der Waals surface area contributed by atoms with Gasteiger partial charge in [0.25, 0.3) is 0 Å². The van der Waals surface area contributed by atoms with Crippen molar-refractivity contribution >= 4 is 22.9 Å². The third-order valence-corrected chi connectivity index (χ3v) is 2.31. The number of aromatic amines is 1. The molecular formula is C10H10N6O. The van der Waals surface area contributed by atoms with E-state index in [9.17, 15) is 0 Å². The van der Waals surface area contributed by atoms with Crippen LogP contribution in [-0.2, 0) is 6.54 Å². The summed E-state index contributed by atoms with van der Waals surface area (Å²) in [5.41, 5.74) is 6.95. The highest BCUT2D eigenvalue weighted by Crippen LogP contribution is 2.15. The molecule has 3 heterocycles. The molecule has 3 aromatic rings. The van der Waals surface area contributed by atoms with Gasteiger partial charge in [-0.3, -0.25) is 0 Å². The first-order valence-electron chi connectivity index (χ1n) is 5.06. The Kier molecular flexibility index (Phi) is 2.14. The smallest absolute Gasteiger partial charge is 0.227 e. The molecule has 7 nitrogen and oxygen atoms in total. The van der Waals surface area contributed by atoms with Crippen molar-refractivity contribution in [2.45, 2.75) is 6.54 Å². The van der Waals surface area contributed by atoms with E-state index in [4.69, 9.17) is 10.2 Å². The van der Waals surface area contributed by atoms with Crippen LogP contribution in [0, 0.1) is 0 Å². The lowest BCUT2D eigenvalue weighted by atomic mass is 10.4. The lowest BCUT2D eigenvalue weighted by molar-refractivity contribution is 0.517. The van der Waals surface area contributed by atoms with Gasteiger partial charge in [-0.1, -0.05) is 0 Å². The SMILES string of the molecule is Nc1nc(NCc2ccco2)nc2nc[nH]c12. The molecule has 3 aromatic heterocycles. The lowest BCUT2D eigenvalue weighted by Crippen LogP contribution is -2.05. The predicted octanol–water partition coefficient (Wildman–Crippen LogP) is 1.14. The number of nitrogens with zero attached hydrogens (tertiary/aromatic N) is 3. The number of anilines is 2. The largest absolute Gasteiger partial charge is 0.467 e. The van der Waals surface area contributed by atoms with E-state index < -0.39 is 0 Å². The molecule has 0 spiro atoms. The van der Waals surface area contributed by atoms with E-state index in [1.807, 2.05) is 12.1 Å². The fourth-order valence-electron chi connectivity index (χ4n) is 1.51. The minimum absolute atomic E-state index is 0.370. The molecule has 0 aliphatic carbocycles. The van der Waals surface area contributed by atoms with Crippen LogP contribution in [0.3, 0.4) is 0 Å². The molecule has 86 valence electrons. The molecule has 0 aromatic carbocycles. The van der Waals surface area contributed by atoms with Gasteiger partial charge in [0.2, 0.25) is 5.95 Å². The summed E-state index contributed by atoms with van der Waals surface area (Å²) in [6.45, 7) is 0.502. The van der Waals surface area contributed by atoms with Crippen LogP contribution in [0.2, 0.25) is 0 Å². The van der Waals surface area contributed by atoms with Gasteiger partial charge in [0.15, 0.2) is 11.5 Å². The van der Waals surface area contributed by atoms with E-state index in [0.717, 1.165) is 5.76 Å². The normalized spacial score (nSPS) is 10.8. The van der Waals surface area contributed by atoms with E-state index in [-0.39, 0.29) is 0 Å². The maximum absolute atomic E-state index is 5.76. The van der Waals surface area contributed by atoms with Crippen molar-refractivity contribution in [3.05, 3.63) is 30.5 Å². The first-order chi connectivity index (χ1) is 8.33. The molecule has 0 amide bonds. The van der Waals surface area contributed by atoms with Crippen molar-refractivity contribution in [1.29, 1.82) is 0 Å². The average molecular weight is 230 g/mol. The maximum atomic E-state index is 5.76. The van der Waals surface area contributed by atoms with E-state index >= 15 is 0 Å². The van der Waals surface area contributed by atoms with Crippen molar-refractivity contribution in [2.75, 3.05) is 11.1 Å². The van der Waals surface area contributed by atoms with Gasteiger partial charge < -0.3 is 20.5 Å². The number of aromatic nitrogens is 4. The topological polar surface area (TPSA) is 106 Å². The second kappa shape index (κ2) is 3.78. The van der Waals surface area contributed by atoms with E-state index in [1.165, 1.54) is 6.33 Å². The van der Waals surface area contributed by atoms with Crippen molar-refractivity contribution in [3.8, 4) is 0 Å². The standard InChI is InChI=1S/C10H10N6O/c11-8-7-9(14-5-13-7)16-10(15-8)12-4-6-2-1-3-17-6/h1-3,5H,4H2,(H4,11,12,13,14,15,16). The van der Waals surface area contributed by atoms with Crippen LogP contribution in [0.15, 0.2) is 29.1 Å². The quantitative estimate of drug-likeness (QED) is 0.623. The van der Waals surface area contributed by atoms with Crippen LogP contribution < -0.4 is 11.1 Å². The highest BCUT2D eigenvalue weighted by Gasteiger charge is 2.07. The molecule has 0 unspecified atom stereocenters. The summed E-state index contributed by atoms with van der Waals surface area (Å²) in [6, 6.07) is 3.69. The van der Waals surface area contributed by atoms with Crippen LogP contribution in [-0.4, -0.2) is 19.9 Å². The number of hydrogen-bond acceptors (Lipinski definition) is 6. The Morgan fingerprint density at radius 1 is 1.41 bits per heavy atom. The molecule has 0 aliphatic heterocycles. The molecule has 0 atom stereocenters. The monoisotopic (exact) mass is 230 g/mol. The summed E-state index contributed by atoms with van der Waals surface area (Å²) >= 11 is 0. The second-order valence-corrected chi connectivity index (χ2v) is 3.47. The summed E-state index contributed by atoms with van der Waals surface area (Å²) in [5, 5.41) is 3.02. The zero-order valence-corrected chi connectivity index (χ0v) is 8.84. The van der Waals surface area contributed by atoms with Gasteiger partial charge in [-0.05, 0) is 12.1 Å². The molecule has 0 radical (unpaired) electrons. The van der Waals surface area contributed by atoms with Crippen molar-refractivity contribution < 1.29 is 4.42 Å². The van der Waals surface area contributed by atoms with Gasteiger partial charge in [-0.2, -0.15) is 9.97 Å². The molecule has 0 saturated heterocycles. The second-order valence-electron chi connectivity index (χ2n) is 3.47. The Labute approximate surface area is 96.1 Å². The highest BCUT2D eigenvalue weighted by molar-refractivity contribution is 5.82. The van der Waals surface area contributed by atoms with Crippen LogP contribution in [0.1, 0.15) is 5.76 Å². The Bertz CT molecular complexity index is 629. The molecule has 0 aliphatic rings. The Morgan fingerprint density at radius 2 is 2.35 bits per heavy atom. The molecular weight excluding hydrogens is 220 g/mol. The van der Waals surface area contributed by atoms with Crippen LogP contribution >= 0.6 is 0 Å². The van der Waals surface area contributed by atoms with E-state index in [1.54, 1.807) is 6.26 Å².